The Morgan fingerprint density at radius 2 is 1.83 bits per heavy atom. The lowest BCUT2D eigenvalue weighted by Crippen LogP contribution is -2.33. The molecule has 0 saturated heterocycles. The molecule has 0 unspecified atom stereocenters. The van der Waals surface area contributed by atoms with Crippen LogP contribution in [-0.2, 0) is 9.59 Å². The fraction of sp³-hybridized carbons (Fsp3) is 0.222. The van der Waals surface area contributed by atoms with Crippen LogP contribution in [0.4, 0.5) is 5.69 Å². The van der Waals surface area contributed by atoms with Gasteiger partial charge in [-0.1, -0.05) is 34.1 Å². The van der Waals surface area contributed by atoms with Gasteiger partial charge in [0.25, 0.3) is 0 Å². The van der Waals surface area contributed by atoms with E-state index in [4.69, 9.17) is 0 Å². The van der Waals surface area contributed by atoms with Crippen molar-refractivity contribution in [2.75, 3.05) is 17.6 Å². The molecule has 0 heterocycles. The number of nitrogens with one attached hydrogen (secondary N) is 2. The molecule has 2 amide bonds. The van der Waals surface area contributed by atoms with Gasteiger partial charge in [0.15, 0.2) is 0 Å². The minimum absolute atomic E-state index is 0.0235. The number of amides is 2. The largest absolute Gasteiger partial charge is 0.347 e. The first kappa shape index (κ1) is 18.5. The molecule has 0 saturated carbocycles. The van der Waals surface area contributed by atoms with Crippen molar-refractivity contribution in [3.63, 3.8) is 0 Å². The van der Waals surface area contributed by atoms with Gasteiger partial charge < -0.3 is 10.6 Å². The highest BCUT2D eigenvalue weighted by Gasteiger charge is 2.08. The van der Waals surface area contributed by atoms with Crippen LogP contribution in [0.3, 0.4) is 0 Å². The number of thioether (sulfide) groups is 1. The Hall–Kier alpha value is -1.79. The van der Waals surface area contributed by atoms with Crippen molar-refractivity contribution in [1.82, 2.24) is 5.32 Å². The number of carbonyl (C=O) groups is 2. The van der Waals surface area contributed by atoms with Crippen LogP contribution in [0.25, 0.3) is 0 Å². The third kappa shape index (κ3) is 6.37. The molecular formula is C18H19BrN2O2S. The van der Waals surface area contributed by atoms with Crippen molar-refractivity contribution < 1.29 is 9.59 Å². The monoisotopic (exact) mass is 406 g/mol. The molecule has 0 aliphatic rings. The number of halogens is 1. The van der Waals surface area contributed by atoms with Crippen LogP contribution in [0.15, 0.2) is 57.9 Å². The molecular weight excluding hydrogens is 388 g/mol. The van der Waals surface area contributed by atoms with E-state index in [1.165, 1.54) is 0 Å². The van der Waals surface area contributed by atoms with Gasteiger partial charge in [-0.3, -0.25) is 9.59 Å². The number of aryl methyl sites for hydroxylation is 1. The lowest BCUT2D eigenvalue weighted by atomic mass is 10.2. The Bertz CT molecular complexity index is 707. The molecule has 0 atom stereocenters. The molecule has 0 fully saturated rings. The number of carbonyl (C=O) groups excluding carboxylic acids is 2. The molecule has 0 aliphatic heterocycles. The summed E-state index contributed by atoms with van der Waals surface area (Å²) in [6.45, 7) is 1.89. The predicted molar refractivity (Wildman–Crippen MR) is 102 cm³/mol. The smallest absolute Gasteiger partial charge is 0.243 e. The predicted octanol–water partition coefficient (Wildman–Crippen LogP) is 3.99. The van der Waals surface area contributed by atoms with Crippen LogP contribution >= 0.6 is 27.7 Å². The summed E-state index contributed by atoms with van der Waals surface area (Å²) in [6, 6.07) is 15.5. The first-order chi connectivity index (χ1) is 11.5. The molecule has 0 aromatic heterocycles. The normalized spacial score (nSPS) is 10.2. The highest BCUT2D eigenvalue weighted by atomic mass is 79.9. The van der Waals surface area contributed by atoms with Gasteiger partial charge in [-0.2, -0.15) is 0 Å². The molecule has 2 aromatic carbocycles. The summed E-state index contributed by atoms with van der Waals surface area (Å²) in [4.78, 5) is 24.8. The molecule has 0 radical (unpaired) electrons. The average Bonchev–Trinajstić information content (AvgIpc) is 2.56. The van der Waals surface area contributed by atoms with Crippen LogP contribution in [0.1, 0.15) is 12.0 Å². The molecule has 0 bridgehead atoms. The highest BCUT2D eigenvalue weighted by Crippen LogP contribution is 2.20. The standard InChI is InChI=1S/C18H19BrN2O2S/c1-13-11-14(19)7-8-16(13)21-18(23)12-20-17(22)9-10-24-15-5-3-2-4-6-15/h2-8,11H,9-10,12H2,1H3,(H,20,22)(H,21,23). The third-order valence-corrected chi connectivity index (χ3v) is 4.76. The zero-order valence-corrected chi connectivity index (χ0v) is 15.7. The van der Waals surface area contributed by atoms with Gasteiger partial charge in [0.05, 0.1) is 6.54 Å². The maximum atomic E-state index is 11.9. The molecule has 2 rings (SSSR count). The van der Waals surface area contributed by atoms with E-state index >= 15 is 0 Å². The van der Waals surface area contributed by atoms with Crippen molar-refractivity contribution in [1.29, 1.82) is 0 Å². The summed E-state index contributed by atoms with van der Waals surface area (Å²) in [6.07, 6.45) is 0.379. The number of rotatable bonds is 7. The van der Waals surface area contributed by atoms with Crippen LogP contribution in [0, 0.1) is 6.92 Å². The van der Waals surface area contributed by atoms with E-state index in [-0.39, 0.29) is 18.4 Å². The lowest BCUT2D eigenvalue weighted by molar-refractivity contribution is -0.123. The summed E-state index contributed by atoms with van der Waals surface area (Å²) in [5, 5.41) is 5.44. The second-order valence-electron chi connectivity index (χ2n) is 5.20. The molecule has 4 nitrogen and oxygen atoms in total. The number of anilines is 1. The highest BCUT2D eigenvalue weighted by molar-refractivity contribution is 9.10. The SMILES string of the molecule is Cc1cc(Br)ccc1NC(=O)CNC(=O)CCSc1ccccc1. The van der Waals surface area contributed by atoms with Crippen molar-refractivity contribution >= 4 is 45.2 Å². The van der Waals surface area contributed by atoms with Crippen molar-refractivity contribution in [2.24, 2.45) is 0 Å². The Kier molecular flexibility index (Phi) is 7.34. The minimum Gasteiger partial charge on any atom is -0.347 e. The van der Waals surface area contributed by atoms with Crippen LogP contribution in [-0.4, -0.2) is 24.1 Å². The topological polar surface area (TPSA) is 58.2 Å². The van der Waals surface area contributed by atoms with Crippen LogP contribution in [0.5, 0.6) is 0 Å². The van der Waals surface area contributed by atoms with Gasteiger partial charge in [0.2, 0.25) is 11.8 Å². The maximum Gasteiger partial charge on any atom is 0.243 e. The van der Waals surface area contributed by atoms with Crippen LogP contribution < -0.4 is 10.6 Å². The molecule has 0 spiro atoms. The van der Waals surface area contributed by atoms with E-state index in [1.807, 2.05) is 55.5 Å². The second-order valence-corrected chi connectivity index (χ2v) is 7.28. The zero-order valence-electron chi connectivity index (χ0n) is 13.3. The quantitative estimate of drug-likeness (QED) is 0.683. The summed E-state index contributed by atoms with van der Waals surface area (Å²) >= 11 is 5.00. The van der Waals surface area contributed by atoms with E-state index in [9.17, 15) is 9.59 Å². The Balaban J connectivity index is 1.68. The Labute approximate surface area is 154 Å². The van der Waals surface area contributed by atoms with E-state index in [2.05, 4.69) is 26.6 Å². The fourth-order valence-corrected chi connectivity index (χ4v) is 3.36. The van der Waals surface area contributed by atoms with Crippen molar-refractivity contribution in [3.8, 4) is 0 Å². The molecule has 2 N–H and O–H groups in total. The van der Waals surface area contributed by atoms with E-state index in [1.54, 1.807) is 11.8 Å². The second kappa shape index (κ2) is 9.49. The number of hydrogen-bond donors (Lipinski definition) is 2. The first-order valence-corrected chi connectivity index (χ1v) is 9.33. The maximum absolute atomic E-state index is 11.9. The van der Waals surface area contributed by atoms with E-state index < -0.39 is 0 Å². The van der Waals surface area contributed by atoms with Crippen molar-refractivity contribution in [3.05, 3.63) is 58.6 Å². The summed E-state index contributed by atoms with van der Waals surface area (Å²) < 4.78 is 0.960. The molecule has 2 aromatic rings. The minimum atomic E-state index is -0.232. The molecule has 6 heteroatoms. The van der Waals surface area contributed by atoms with Gasteiger partial charge >= 0.3 is 0 Å². The van der Waals surface area contributed by atoms with Gasteiger partial charge in [-0.15, -0.1) is 11.8 Å². The average molecular weight is 407 g/mol. The summed E-state index contributed by atoms with van der Waals surface area (Å²) in [7, 11) is 0. The van der Waals surface area contributed by atoms with E-state index in [0.29, 0.717) is 12.2 Å². The number of benzene rings is 2. The molecule has 0 aliphatic carbocycles. The summed E-state index contributed by atoms with van der Waals surface area (Å²) in [5.41, 5.74) is 1.71. The number of hydrogen-bond acceptors (Lipinski definition) is 3. The van der Waals surface area contributed by atoms with Gasteiger partial charge in [-0.05, 0) is 42.8 Å². The lowest BCUT2D eigenvalue weighted by Gasteiger charge is -2.09. The Morgan fingerprint density at radius 1 is 1.08 bits per heavy atom. The van der Waals surface area contributed by atoms with Gasteiger partial charge in [0, 0.05) is 27.2 Å². The molecule has 24 heavy (non-hydrogen) atoms. The molecule has 126 valence electrons. The first-order valence-electron chi connectivity index (χ1n) is 7.55. The van der Waals surface area contributed by atoms with Gasteiger partial charge in [0.1, 0.15) is 0 Å². The van der Waals surface area contributed by atoms with Gasteiger partial charge in [-0.25, -0.2) is 0 Å². The van der Waals surface area contributed by atoms with Crippen molar-refractivity contribution in [2.45, 2.75) is 18.2 Å². The Morgan fingerprint density at radius 3 is 2.54 bits per heavy atom. The van der Waals surface area contributed by atoms with E-state index in [0.717, 1.165) is 20.6 Å². The zero-order chi connectivity index (χ0) is 17.4. The fourth-order valence-electron chi connectivity index (χ4n) is 2.01. The summed E-state index contributed by atoms with van der Waals surface area (Å²) in [5.74, 6) is 0.328. The van der Waals surface area contributed by atoms with Crippen LogP contribution in [0.2, 0.25) is 0 Å². The third-order valence-electron chi connectivity index (χ3n) is 3.25.